The van der Waals surface area contributed by atoms with Gasteiger partial charge in [0.25, 0.3) is 0 Å². The number of ether oxygens (including phenoxy) is 1. The molecule has 0 saturated heterocycles. The molecule has 2 heterocycles. The van der Waals surface area contributed by atoms with Crippen LogP contribution in [0.4, 0.5) is 0 Å². The molecule has 0 atom stereocenters. The largest absolute Gasteiger partial charge is 0.457 e. The lowest BCUT2D eigenvalue weighted by molar-refractivity contribution is 0.483. The van der Waals surface area contributed by atoms with Gasteiger partial charge in [0.15, 0.2) is 7.14 Å². The van der Waals surface area contributed by atoms with Crippen molar-refractivity contribution >= 4 is 44.9 Å². The summed E-state index contributed by atoms with van der Waals surface area (Å²) in [5.74, 6) is 1.90. The van der Waals surface area contributed by atoms with Crippen molar-refractivity contribution in [2.75, 3.05) is 0 Å². The van der Waals surface area contributed by atoms with Crippen molar-refractivity contribution < 1.29 is 9.30 Å². The zero-order valence-electron chi connectivity index (χ0n) is 24.9. The second-order valence-electron chi connectivity index (χ2n) is 11.9. The Morgan fingerprint density at radius 2 is 1.23 bits per heavy atom. The topological polar surface area (TPSA) is 57.0 Å². The highest BCUT2D eigenvalue weighted by molar-refractivity contribution is 7.85. The zero-order valence-corrected chi connectivity index (χ0v) is 25.8. The summed E-state index contributed by atoms with van der Waals surface area (Å²) >= 11 is 0. The smallest absolute Gasteiger partial charge is 0.234 e. The Balaban J connectivity index is 1.33. The molecule has 0 aliphatic rings. The third-order valence-corrected chi connectivity index (χ3v) is 11.0. The highest BCUT2D eigenvalue weighted by Gasteiger charge is 2.30. The van der Waals surface area contributed by atoms with E-state index >= 15 is 0 Å². The van der Waals surface area contributed by atoms with Crippen molar-refractivity contribution in [1.29, 1.82) is 0 Å². The van der Waals surface area contributed by atoms with E-state index in [1.807, 2.05) is 121 Å². The highest BCUT2D eigenvalue weighted by atomic mass is 31.2. The number of nitrogens with zero attached hydrogens (tertiary/aromatic N) is 3. The Labute approximate surface area is 257 Å². The molecule has 216 valence electrons. The number of para-hydroxylation sites is 1. The molecule has 7 aromatic rings. The number of hydrogen-bond donors (Lipinski definition) is 0. The van der Waals surface area contributed by atoms with E-state index in [0.717, 1.165) is 43.4 Å². The van der Waals surface area contributed by atoms with Crippen LogP contribution >= 0.6 is 7.14 Å². The van der Waals surface area contributed by atoms with Crippen LogP contribution in [0, 0.1) is 0 Å². The van der Waals surface area contributed by atoms with Gasteiger partial charge in [-0.3, -0.25) is 4.57 Å². The Morgan fingerprint density at radius 1 is 0.614 bits per heavy atom. The van der Waals surface area contributed by atoms with Crippen LogP contribution in [0.15, 0.2) is 140 Å². The molecule has 7 rings (SSSR count). The first kappa shape index (κ1) is 27.8. The summed E-state index contributed by atoms with van der Waals surface area (Å²) in [6, 6.07) is 43.3. The molecule has 2 aromatic heterocycles. The molecule has 0 N–H and O–H groups in total. The quantitative estimate of drug-likeness (QED) is 0.182. The molecule has 44 heavy (non-hydrogen) atoms. The first-order valence-corrected chi connectivity index (χ1v) is 16.4. The normalized spacial score (nSPS) is 12.1. The van der Waals surface area contributed by atoms with E-state index in [-0.39, 0.29) is 5.41 Å². The summed E-state index contributed by atoms with van der Waals surface area (Å²) in [5, 5.41) is 4.49. The maximum absolute atomic E-state index is 14.9. The Hall–Kier alpha value is -4.99. The van der Waals surface area contributed by atoms with Crippen molar-refractivity contribution in [1.82, 2.24) is 14.5 Å². The molecule has 0 amide bonds. The second kappa shape index (κ2) is 10.9. The van der Waals surface area contributed by atoms with Gasteiger partial charge in [0.2, 0.25) is 5.95 Å². The van der Waals surface area contributed by atoms with E-state index in [1.54, 1.807) is 0 Å². The molecule has 0 fully saturated rings. The van der Waals surface area contributed by atoms with Crippen LogP contribution in [-0.2, 0) is 9.98 Å². The molecule has 5 aromatic carbocycles. The summed E-state index contributed by atoms with van der Waals surface area (Å²) in [4.78, 5) is 9.66. The van der Waals surface area contributed by atoms with Crippen LogP contribution in [0.2, 0.25) is 0 Å². The predicted octanol–water partition coefficient (Wildman–Crippen LogP) is 8.30. The van der Waals surface area contributed by atoms with Gasteiger partial charge in [-0.05, 0) is 36.4 Å². The van der Waals surface area contributed by atoms with E-state index in [2.05, 4.69) is 48.5 Å². The molecule has 6 heteroatoms. The van der Waals surface area contributed by atoms with E-state index < -0.39 is 7.14 Å². The van der Waals surface area contributed by atoms with Crippen LogP contribution < -0.4 is 20.7 Å². The van der Waals surface area contributed by atoms with Crippen LogP contribution in [0.5, 0.6) is 11.5 Å². The summed E-state index contributed by atoms with van der Waals surface area (Å²) in [6.07, 6.45) is 1.83. The van der Waals surface area contributed by atoms with Crippen LogP contribution in [0.3, 0.4) is 0 Å². The molecule has 0 radical (unpaired) electrons. The molecule has 0 saturated carbocycles. The van der Waals surface area contributed by atoms with Gasteiger partial charge in [-0.1, -0.05) is 112 Å². The summed E-state index contributed by atoms with van der Waals surface area (Å²) in [6.45, 7) is 6.46. The lowest BCUT2D eigenvalue weighted by Gasteiger charge is -2.20. The minimum atomic E-state index is -3.13. The fraction of sp³-hybridized carbons (Fsp3) is 0.105. The van der Waals surface area contributed by atoms with Gasteiger partial charge >= 0.3 is 0 Å². The van der Waals surface area contributed by atoms with Crippen molar-refractivity contribution in [3.8, 4) is 17.4 Å². The maximum atomic E-state index is 14.9. The predicted molar refractivity (Wildman–Crippen MR) is 181 cm³/mol. The van der Waals surface area contributed by atoms with Gasteiger partial charge in [0, 0.05) is 44.4 Å². The maximum Gasteiger partial charge on any atom is 0.234 e. The second-order valence-corrected chi connectivity index (χ2v) is 14.7. The third-order valence-electron chi connectivity index (χ3n) is 7.91. The van der Waals surface area contributed by atoms with E-state index in [0.29, 0.717) is 17.4 Å². The first-order chi connectivity index (χ1) is 21.3. The fourth-order valence-corrected chi connectivity index (χ4v) is 8.39. The first-order valence-electron chi connectivity index (χ1n) is 14.7. The van der Waals surface area contributed by atoms with E-state index in [9.17, 15) is 4.57 Å². The fourth-order valence-electron chi connectivity index (χ4n) is 5.71. The van der Waals surface area contributed by atoms with Crippen molar-refractivity contribution in [2.24, 2.45) is 0 Å². The molecular formula is C38H32N3O2P. The van der Waals surface area contributed by atoms with Gasteiger partial charge in [0.05, 0.1) is 16.7 Å². The number of aromatic nitrogens is 3. The van der Waals surface area contributed by atoms with Gasteiger partial charge in [-0.2, -0.15) is 0 Å². The highest BCUT2D eigenvalue weighted by Crippen LogP contribution is 2.43. The molecule has 0 spiro atoms. The minimum absolute atomic E-state index is 0.116. The Morgan fingerprint density at radius 3 is 1.93 bits per heavy atom. The van der Waals surface area contributed by atoms with Crippen LogP contribution in [-0.4, -0.2) is 14.5 Å². The van der Waals surface area contributed by atoms with E-state index in [1.165, 1.54) is 0 Å². The summed E-state index contributed by atoms with van der Waals surface area (Å²) in [7, 11) is -3.13. The van der Waals surface area contributed by atoms with Crippen LogP contribution in [0.1, 0.15) is 26.5 Å². The molecule has 0 aliphatic carbocycles. The molecule has 0 bridgehead atoms. The van der Waals surface area contributed by atoms with Gasteiger partial charge in [0.1, 0.15) is 11.5 Å². The number of benzene rings is 5. The summed E-state index contributed by atoms with van der Waals surface area (Å²) < 4.78 is 23.5. The zero-order chi connectivity index (χ0) is 30.3. The SMILES string of the molecule is CC(C)(C)c1ccnc(-n2c3ccccc3c3ccc(Oc4cccc(P(=O)(c5ccccc5)c5ccccc5)c4)cc32)n1. The lowest BCUT2D eigenvalue weighted by Crippen LogP contribution is -2.24. The van der Waals surface area contributed by atoms with Gasteiger partial charge in [-0.15, -0.1) is 0 Å². The van der Waals surface area contributed by atoms with Crippen molar-refractivity contribution in [3.05, 3.63) is 145 Å². The molecule has 5 nitrogen and oxygen atoms in total. The lowest BCUT2D eigenvalue weighted by atomic mass is 9.92. The van der Waals surface area contributed by atoms with E-state index in [4.69, 9.17) is 9.72 Å². The minimum Gasteiger partial charge on any atom is -0.457 e. The third kappa shape index (κ3) is 4.90. The van der Waals surface area contributed by atoms with Gasteiger partial charge in [-0.25, -0.2) is 9.97 Å². The monoisotopic (exact) mass is 593 g/mol. The number of fused-ring (bicyclic) bond motifs is 3. The molecular weight excluding hydrogens is 561 g/mol. The van der Waals surface area contributed by atoms with Crippen LogP contribution in [0.25, 0.3) is 27.8 Å². The van der Waals surface area contributed by atoms with Gasteiger partial charge < -0.3 is 9.30 Å². The Bertz CT molecular complexity index is 2120. The van der Waals surface area contributed by atoms with Crippen molar-refractivity contribution in [3.63, 3.8) is 0 Å². The average molecular weight is 594 g/mol. The molecule has 0 unspecified atom stereocenters. The molecule has 0 aliphatic heterocycles. The Kier molecular flexibility index (Phi) is 6.91. The van der Waals surface area contributed by atoms with Crippen molar-refractivity contribution in [2.45, 2.75) is 26.2 Å². The standard InChI is InChI=1S/C38H32N3O2P/c1-38(2,3)36-23-24-39-37(40-36)41-34-20-11-10-19-32(34)33-22-21-28(26-35(33)41)43-27-13-12-18-31(25-27)44(42,29-14-6-4-7-15-29)30-16-8-5-9-17-30/h4-26H,1-3H3. The average Bonchev–Trinajstić information content (AvgIpc) is 3.38. The summed E-state index contributed by atoms with van der Waals surface area (Å²) in [5.41, 5.74) is 2.83. The number of rotatable bonds is 6. The number of hydrogen-bond acceptors (Lipinski definition) is 4.